The first kappa shape index (κ1) is 20.4. The summed E-state index contributed by atoms with van der Waals surface area (Å²) in [7, 11) is -3.91. The lowest BCUT2D eigenvalue weighted by Gasteiger charge is -2.30. The standard InChI is InChI=1S/C18H19N3O7S/c1-3-15(18(22)19-12-7-8-16-17(9-12)28-11-27-16)20(29(2,25)26)13-5-4-6-14(10-13)21(23)24/h4-10,15H,3,11H2,1-2H3,(H,19,22)/t15-/m0/s1. The molecule has 0 spiro atoms. The van der Waals surface area contributed by atoms with Gasteiger partial charge in [0.15, 0.2) is 11.5 Å². The van der Waals surface area contributed by atoms with Gasteiger partial charge in [-0.1, -0.05) is 13.0 Å². The van der Waals surface area contributed by atoms with Crippen molar-refractivity contribution in [3.63, 3.8) is 0 Å². The van der Waals surface area contributed by atoms with Crippen LogP contribution in [0.1, 0.15) is 13.3 Å². The van der Waals surface area contributed by atoms with E-state index in [0.717, 1.165) is 16.6 Å². The molecule has 1 N–H and O–H groups in total. The molecule has 0 saturated carbocycles. The molecule has 1 aliphatic rings. The molecule has 0 radical (unpaired) electrons. The fourth-order valence-corrected chi connectivity index (χ4v) is 4.21. The molecule has 0 aliphatic carbocycles. The molecule has 1 heterocycles. The second kappa shape index (κ2) is 7.95. The maximum Gasteiger partial charge on any atom is 0.271 e. The highest BCUT2D eigenvalue weighted by molar-refractivity contribution is 7.92. The van der Waals surface area contributed by atoms with Crippen molar-refractivity contribution in [3.8, 4) is 11.5 Å². The summed E-state index contributed by atoms with van der Waals surface area (Å²) < 4.78 is 36.3. The summed E-state index contributed by atoms with van der Waals surface area (Å²) in [6.07, 6.45) is 1.09. The van der Waals surface area contributed by atoms with Gasteiger partial charge in [-0.2, -0.15) is 0 Å². The van der Waals surface area contributed by atoms with E-state index in [1.807, 2.05) is 0 Å². The number of carbonyl (C=O) groups is 1. The predicted molar refractivity (Wildman–Crippen MR) is 106 cm³/mol. The number of non-ortho nitro benzene ring substituents is 1. The third kappa shape index (κ3) is 4.40. The number of benzene rings is 2. The fourth-order valence-electron chi connectivity index (χ4n) is 3.00. The number of nitrogens with zero attached hydrogens (tertiary/aromatic N) is 2. The van der Waals surface area contributed by atoms with Gasteiger partial charge in [-0.05, 0) is 24.6 Å². The molecule has 0 bridgehead atoms. The van der Waals surface area contributed by atoms with Gasteiger partial charge in [0.1, 0.15) is 6.04 Å². The van der Waals surface area contributed by atoms with Crippen molar-refractivity contribution in [2.45, 2.75) is 19.4 Å². The molecule has 2 aromatic carbocycles. The molecule has 2 aromatic rings. The summed E-state index contributed by atoms with van der Waals surface area (Å²) >= 11 is 0. The first-order valence-corrected chi connectivity index (χ1v) is 10.5. The number of anilines is 2. The van der Waals surface area contributed by atoms with Crippen LogP contribution in [0.15, 0.2) is 42.5 Å². The van der Waals surface area contributed by atoms with Crippen molar-refractivity contribution in [2.75, 3.05) is 22.7 Å². The Morgan fingerprint density at radius 3 is 2.62 bits per heavy atom. The number of nitrogens with one attached hydrogen (secondary N) is 1. The zero-order valence-electron chi connectivity index (χ0n) is 15.7. The van der Waals surface area contributed by atoms with E-state index in [9.17, 15) is 23.3 Å². The number of amides is 1. The number of fused-ring (bicyclic) bond motifs is 1. The minimum Gasteiger partial charge on any atom is -0.454 e. The second-order valence-corrected chi connectivity index (χ2v) is 8.18. The van der Waals surface area contributed by atoms with E-state index in [0.29, 0.717) is 17.2 Å². The van der Waals surface area contributed by atoms with Gasteiger partial charge < -0.3 is 14.8 Å². The van der Waals surface area contributed by atoms with E-state index in [2.05, 4.69) is 5.32 Å². The zero-order valence-corrected chi connectivity index (χ0v) is 16.5. The van der Waals surface area contributed by atoms with Crippen LogP contribution in [0.4, 0.5) is 17.1 Å². The quantitative estimate of drug-likeness (QED) is 0.537. The van der Waals surface area contributed by atoms with E-state index >= 15 is 0 Å². The first-order chi connectivity index (χ1) is 13.7. The number of nitro benzene ring substituents is 1. The van der Waals surface area contributed by atoms with Crippen LogP contribution in [0, 0.1) is 10.1 Å². The largest absolute Gasteiger partial charge is 0.454 e. The molecule has 0 unspecified atom stereocenters. The van der Waals surface area contributed by atoms with E-state index < -0.39 is 26.9 Å². The molecule has 0 saturated heterocycles. The number of hydrogen-bond acceptors (Lipinski definition) is 7. The van der Waals surface area contributed by atoms with Gasteiger partial charge in [0, 0.05) is 23.9 Å². The van der Waals surface area contributed by atoms with E-state index in [1.165, 1.54) is 18.2 Å². The van der Waals surface area contributed by atoms with Crippen LogP contribution in [-0.4, -0.2) is 38.3 Å². The van der Waals surface area contributed by atoms with E-state index in [-0.39, 0.29) is 24.6 Å². The van der Waals surface area contributed by atoms with Crippen LogP contribution in [0.5, 0.6) is 11.5 Å². The highest BCUT2D eigenvalue weighted by atomic mass is 32.2. The molecule has 0 fully saturated rings. The maximum absolute atomic E-state index is 12.9. The zero-order chi connectivity index (χ0) is 21.2. The lowest BCUT2D eigenvalue weighted by atomic mass is 10.1. The van der Waals surface area contributed by atoms with Crippen LogP contribution in [0.2, 0.25) is 0 Å². The Morgan fingerprint density at radius 1 is 1.24 bits per heavy atom. The molecule has 10 nitrogen and oxygen atoms in total. The Balaban J connectivity index is 1.92. The van der Waals surface area contributed by atoms with Crippen molar-refractivity contribution in [2.24, 2.45) is 0 Å². The number of hydrogen-bond donors (Lipinski definition) is 1. The van der Waals surface area contributed by atoms with Gasteiger partial charge in [0.2, 0.25) is 22.7 Å². The Labute approximate surface area is 167 Å². The average Bonchev–Trinajstić information content (AvgIpc) is 3.12. The Kier molecular flexibility index (Phi) is 5.59. The number of rotatable bonds is 7. The minimum atomic E-state index is -3.91. The number of ether oxygens (including phenoxy) is 2. The summed E-state index contributed by atoms with van der Waals surface area (Å²) in [4.78, 5) is 23.3. The minimum absolute atomic E-state index is 0.0365. The van der Waals surface area contributed by atoms with Crippen LogP contribution >= 0.6 is 0 Å². The second-order valence-electron chi connectivity index (χ2n) is 6.32. The van der Waals surface area contributed by atoms with Gasteiger partial charge in [-0.15, -0.1) is 0 Å². The first-order valence-electron chi connectivity index (χ1n) is 8.65. The fraction of sp³-hybridized carbons (Fsp3) is 0.278. The lowest BCUT2D eigenvalue weighted by molar-refractivity contribution is -0.384. The number of sulfonamides is 1. The molecular formula is C18H19N3O7S. The van der Waals surface area contributed by atoms with Crippen molar-refractivity contribution in [1.82, 2.24) is 0 Å². The third-order valence-electron chi connectivity index (χ3n) is 4.26. The maximum atomic E-state index is 12.9. The molecule has 154 valence electrons. The molecule has 29 heavy (non-hydrogen) atoms. The summed E-state index contributed by atoms with van der Waals surface area (Å²) in [5.41, 5.74) is 0.168. The Morgan fingerprint density at radius 2 is 1.97 bits per heavy atom. The molecule has 1 aliphatic heterocycles. The third-order valence-corrected chi connectivity index (χ3v) is 5.44. The van der Waals surface area contributed by atoms with Crippen molar-refractivity contribution in [1.29, 1.82) is 0 Å². The number of nitro groups is 1. The van der Waals surface area contributed by atoms with Crippen LogP contribution in [0.25, 0.3) is 0 Å². The summed E-state index contributed by atoms with van der Waals surface area (Å²) in [6, 6.07) is 8.85. The molecule has 3 rings (SSSR count). The van der Waals surface area contributed by atoms with Gasteiger partial charge in [-0.25, -0.2) is 8.42 Å². The molecule has 11 heteroatoms. The van der Waals surface area contributed by atoms with Gasteiger partial charge in [-0.3, -0.25) is 19.2 Å². The van der Waals surface area contributed by atoms with Gasteiger partial charge in [0.25, 0.3) is 5.69 Å². The topological polar surface area (TPSA) is 128 Å². The van der Waals surface area contributed by atoms with Crippen molar-refractivity contribution < 1.29 is 27.6 Å². The highest BCUT2D eigenvalue weighted by Gasteiger charge is 2.32. The lowest BCUT2D eigenvalue weighted by Crippen LogP contribution is -2.47. The number of carbonyl (C=O) groups excluding carboxylic acids is 1. The van der Waals surface area contributed by atoms with Crippen LogP contribution in [-0.2, 0) is 14.8 Å². The summed E-state index contributed by atoms with van der Waals surface area (Å²) in [5, 5.41) is 13.7. The van der Waals surface area contributed by atoms with E-state index in [4.69, 9.17) is 9.47 Å². The van der Waals surface area contributed by atoms with Crippen LogP contribution < -0.4 is 19.1 Å². The molecule has 1 atom stereocenters. The Hall–Kier alpha value is -3.34. The van der Waals surface area contributed by atoms with Gasteiger partial charge >= 0.3 is 0 Å². The molecular weight excluding hydrogens is 402 g/mol. The van der Waals surface area contributed by atoms with Crippen molar-refractivity contribution >= 4 is 33.0 Å². The smallest absolute Gasteiger partial charge is 0.271 e. The predicted octanol–water partition coefficient (Wildman–Crippen LogP) is 2.51. The van der Waals surface area contributed by atoms with E-state index in [1.54, 1.807) is 25.1 Å². The summed E-state index contributed by atoms with van der Waals surface area (Å²) in [6.45, 7) is 1.73. The monoisotopic (exact) mass is 421 g/mol. The summed E-state index contributed by atoms with van der Waals surface area (Å²) in [5.74, 6) is 0.433. The SMILES string of the molecule is CC[C@@H](C(=O)Nc1ccc2c(c1)OCO2)N(c1cccc([N+](=O)[O-])c1)S(C)(=O)=O. The molecule has 1 amide bonds. The average molecular weight is 421 g/mol. The Bertz CT molecular complexity index is 1060. The highest BCUT2D eigenvalue weighted by Crippen LogP contribution is 2.34. The van der Waals surface area contributed by atoms with Crippen LogP contribution in [0.3, 0.4) is 0 Å². The van der Waals surface area contributed by atoms with Crippen molar-refractivity contribution in [3.05, 3.63) is 52.6 Å². The van der Waals surface area contributed by atoms with Gasteiger partial charge in [0.05, 0.1) is 16.9 Å². The normalized spacial score (nSPS) is 13.6. The molecule has 0 aromatic heterocycles.